The van der Waals surface area contributed by atoms with Crippen molar-refractivity contribution in [2.24, 2.45) is 0 Å². The van der Waals surface area contributed by atoms with Gasteiger partial charge in [-0.2, -0.15) is 0 Å². The first-order valence-corrected chi connectivity index (χ1v) is 10.4. The van der Waals surface area contributed by atoms with E-state index in [0.717, 1.165) is 42.1 Å². The zero-order valence-electron chi connectivity index (χ0n) is 16.9. The third kappa shape index (κ3) is 4.03. The molecule has 7 heteroatoms. The van der Waals surface area contributed by atoms with Crippen LogP contribution < -0.4 is 14.8 Å². The van der Waals surface area contributed by atoms with Gasteiger partial charge >= 0.3 is 5.97 Å². The summed E-state index contributed by atoms with van der Waals surface area (Å²) in [7, 11) is 0. The highest BCUT2D eigenvalue weighted by Crippen LogP contribution is 2.47. The van der Waals surface area contributed by atoms with Crippen LogP contribution >= 0.6 is 0 Å². The highest BCUT2D eigenvalue weighted by Gasteiger charge is 2.44. The number of amides is 1. The van der Waals surface area contributed by atoms with Crippen LogP contribution in [-0.4, -0.2) is 29.3 Å². The molecular formula is C24H22N2O5. The fourth-order valence-electron chi connectivity index (χ4n) is 4.15. The second-order valence-electron chi connectivity index (χ2n) is 7.86. The number of para-hydroxylation sites is 1. The fourth-order valence-corrected chi connectivity index (χ4v) is 4.15. The normalized spacial score (nSPS) is 15.9. The number of hydrogen-bond donors (Lipinski definition) is 1. The Morgan fingerprint density at radius 2 is 1.84 bits per heavy atom. The first-order chi connectivity index (χ1) is 15.1. The van der Waals surface area contributed by atoms with Gasteiger partial charge in [-0.3, -0.25) is 14.6 Å². The molecule has 158 valence electrons. The SMILES string of the molecule is O=C(COC(=O)Cc1cccc2cccnc12)Nc1ccc2c(c1)OC1(CCCC1)O2. The highest BCUT2D eigenvalue weighted by molar-refractivity contribution is 5.93. The van der Waals surface area contributed by atoms with Crippen molar-refractivity contribution < 1.29 is 23.8 Å². The van der Waals surface area contributed by atoms with Gasteiger partial charge in [-0.05, 0) is 36.6 Å². The molecule has 0 atom stereocenters. The second-order valence-corrected chi connectivity index (χ2v) is 7.86. The van der Waals surface area contributed by atoms with Crippen LogP contribution in [0.15, 0.2) is 54.7 Å². The maximum absolute atomic E-state index is 12.3. The number of benzene rings is 2. The highest BCUT2D eigenvalue weighted by atomic mass is 16.7. The van der Waals surface area contributed by atoms with Crippen LogP contribution in [0.3, 0.4) is 0 Å². The van der Waals surface area contributed by atoms with Crippen LogP contribution in [0.5, 0.6) is 11.5 Å². The smallest absolute Gasteiger partial charge is 0.310 e. The number of nitrogens with one attached hydrogen (secondary N) is 1. The van der Waals surface area contributed by atoms with Crippen molar-refractivity contribution in [2.75, 3.05) is 11.9 Å². The lowest BCUT2D eigenvalue weighted by Crippen LogP contribution is -2.34. The molecule has 2 aliphatic rings. The van der Waals surface area contributed by atoms with Crippen molar-refractivity contribution in [1.82, 2.24) is 4.98 Å². The summed E-state index contributed by atoms with van der Waals surface area (Å²) in [6.07, 6.45) is 5.63. The molecule has 31 heavy (non-hydrogen) atoms. The van der Waals surface area contributed by atoms with E-state index >= 15 is 0 Å². The molecule has 1 spiro atoms. The summed E-state index contributed by atoms with van der Waals surface area (Å²) >= 11 is 0. The second kappa shape index (κ2) is 7.91. The first kappa shape index (κ1) is 19.4. The lowest BCUT2D eigenvalue weighted by molar-refractivity contribution is -0.146. The largest absolute Gasteiger partial charge is 0.455 e. The summed E-state index contributed by atoms with van der Waals surface area (Å²) in [4.78, 5) is 28.8. The van der Waals surface area contributed by atoms with Crippen LogP contribution in [0.1, 0.15) is 31.2 Å². The van der Waals surface area contributed by atoms with E-state index in [1.54, 1.807) is 24.4 Å². The monoisotopic (exact) mass is 418 g/mol. The number of fused-ring (bicyclic) bond motifs is 2. The number of carbonyl (C=O) groups excluding carboxylic acids is 2. The number of rotatable bonds is 5. The molecule has 3 aromatic rings. The number of anilines is 1. The van der Waals surface area contributed by atoms with Gasteiger partial charge in [0.25, 0.3) is 11.7 Å². The van der Waals surface area contributed by atoms with Crippen molar-refractivity contribution in [3.63, 3.8) is 0 Å². The molecule has 1 saturated carbocycles. The van der Waals surface area contributed by atoms with Gasteiger partial charge in [0.05, 0.1) is 11.9 Å². The van der Waals surface area contributed by atoms with Gasteiger partial charge < -0.3 is 19.5 Å². The van der Waals surface area contributed by atoms with Gasteiger partial charge in [0.15, 0.2) is 18.1 Å². The van der Waals surface area contributed by atoms with Crippen LogP contribution in [0.4, 0.5) is 5.69 Å². The van der Waals surface area contributed by atoms with E-state index < -0.39 is 17.7 Å². The Morgan fingerprint density at radius 3 is 2.71 bits per heavy atom. The minimum absolute atomic E-state index is 0.0493. The quantitative estimate of drug-likeness (QED) is 0.631. The Morgan fingerprint density at radius 1 is 1.03 bits per heavy atom. The lowest BCUT2D eigenvalue weighted by atomic mass is 10.1. The van der Waals surface area contributed by atoms with Gasteiger partial charge in [-0.1, -0.05) is 24.3 Å². The maximum atomic E-state index is 12.3. The van der Waals surface area contributed by atoms with Crippen molar-refractivity contribution in [3.8, 4) is 11.5 Å². The molecule has 1 aromatic heterocycles. The fraction of sp³-hybridized carbons (Fsp3) is 0.292. The number of carbonyl (C=O) groups is 2. The summed E-state index contributed by atoms with van der Waals surface area (Å²) < 4.78 is 17.1. The molecular weight excluding hydrogens is 396 g/mol. The Hall–Kier alpha value is -3.61. The molecule has 2 aromatic carbocycles. The summed E-state index contributed by atoms with van der Waals surface area (Å²) in [6, 6.07) is 14.7. The zero-order chi connectivity index (χ0) is 21.3. The Balaban J connectivity index is 1.16. The summed E-state index contributed by atoms with van der Waals surface area (Å²) in [5, 5.41) is 3.69. The van der Waals surface area contributed by atoms with Crippen molar-refractivity contribution >= 4 is 28.5 Å². The topological polar surface area (TPSA) is 86.8 Å². The van der Waals surface area contributed by atoms with Crippen LogP contribution in [0.2, 0.25) is 0 Å². The molecule has 1 fully saturated rings. The molecule has 2 heterocycles. The number of nitrogens with zero attached hydrogens (tertiary/aromatic N) is 1. The Bertz CT molecular complexity index is 1150. The summed E-state index contributed by atoms with van der Waals surface area (Å²) in [5.41, 5.74) is 2.09. The molecule has 0 bridgehead atoms. The van der Waals surface area contributed by atoms with Crippen molar-refractivity contribution in [1.29, 1.82) is 0 Å². The first-order valence-electron chi connectivity index (χ1n) is 10.4. The van der Waals surface area contributed by atoms with E-state index in [-0.39, 0.29) is 13.0 Å². The predicted molar refractivity (Wildman–Crippen MR) is 114 cm³/mol. The third-order valence-corrected chi connectivity index (χ3v) is 5.60. The number of pyridine rings is 1. The molecule has 1 amide bonds. The summed E-state index contributed by atoms with van der Waals surface area (Å²) in [6.45, 7) is -0.366. The van der Waals surface area contributed by atoms with E-state index in [4.69, 9.17) is 14.2 Å². The van der Waals surface area contributed by atoms with E-state index in [1.165, 1.54) is 0 Å². The number of ether oxygens (including phenoxy) is 3. The molecule has 0 saturated heterocycles. The average Bonchev–Trinajstić information content (AvgIpc) is 3.38. The molecule has 5 rings (SSSR count). The summed E-state index contributed by atoms with van der Waals surface area (Å²) in [5.74, 6) is -0.132. The van der Waals surface area contributed by atoms with E-state index in [9.17, 15) is 9.59 Å². The average molecular weight is 418 g/mol. The van der Waals surface area contributed by atoms with Gasteiger partial charge in [0.1, 0.15) is 0 Å². The standard InChI is InChI=1S/C24H22N2O5/c27-21(15-29-22(28)13-17-6-3-5-16-7-4-12-25-23(16)17)26-18-8-9-19-20(14-18)31-24(30-19)10-1-2-11-24/h3-9,12,14H,1-2,10-11,13,15H2,(H,26,27). The number of aromatic nitrogens is 1. The minimum Gasteiger partial charge on any atom is -0.455 e. The minimum atomic E-state index is -0.545. The van der Waals surface area contributed by atoms with E-state index in [0.29, 0.717) is 17.2 Å². The molecule has 0 radical (unpaired) electrons. The van der Waals surface area contributed by atoms with Crippen LogP contribution in [0.25, 0.3) is 10.9 Å². The van der Waals surface area contributed by atoms with Gasteiger partial charge in [0.2, 0.25) is 0 Å². The van der Waals surface area contributed by atoms with Gasteiger partial charge in [0, 0.05) is 36.2 Å². The molecule has 1 N–H and O–H groups in total. The Labute approximate surface area is 179 Å². The van der Waals surface area contributed by atoms with Crippen LogP contribution in [0, 0.1) is 0 Å². The number of hydrogen-bond acceptors (Lipinski definition) is 6. The van der Waals surface area contributed by atoms with Gasteiger partial charge in [-0.25, -0.2) is 0 Å². The third-order valence-electron chi connectivity index (χ3n) is 5.60. The molecule has 7 nitrogen and oxygen atoms in total. The van der Waals surface area contributed by atoms with Crippen molar-refractivity contribution in [2.45, 2.75) is 37.9 Å². The number of esters is 1. The lowest BCUT2D eigenvalue weighted by Gasteiger charge is -2.21. The van der Waals surface area contributed by atoms with E-state index in [1.807, 2.05) is 30.3 Å². The van der Waals surface area contributed by atoms with E-state index in [2.05, 4.69) is 10.3 Å². The molecule has 0 unspecified atom stereocenters. The predicted octanol–water partition coefficient (Wildman–Crippen LogP) is 4.00. The van der Waals surface area contributed by atoms with Gasteiger partial charge in [-0.15, -0.1) is 0 Å². The molecule has 1 aliphatic heterocycles. The van der Waals surface area contributed by atoms with Crippen molar-refractivity contribution in [3.05, 3.63) is 60.3 Å². The zero-order valence-corrected chi connectivity index (χ0v) is 16.9. The maximum Gasteiger partial charge on any atom is 0.310 e. The van der Waals surface area contributed by atoms with Crippen LogP contribution in [-0.2, 0) is 20.7 Å². The Kier molecular flexibility index (Phi) is 4.94. The molecule has 1 aliphatic carbocycles.